The third kappa shape index (κ3) is 4.15. The van der Waals surface area contributed by atoms with E-state index >= 15 is 0 Å². The van der Waals surface area contributed by atoms with Gasteiger partial charge in [0, 0.05) is 11.1 Å². The lowest BCUT2D eigenvalue weighted by Gasteiger charge is -2.31. The second-order valence-corrected chi connectivity index (χ2v) is 5.75. The quantitative estimate of drug-likeness (QED) is 0.840. The summed E-state index contributed by atoms with van der Waals surface area (Å²) in [5.74, 6) is 0. The fraction of sp³-hybridized carbons (Fsp3) is 0.571. The minimum atomic E-state index is 0.262. The van der Waals surface area contributed by atoms with Crippen LogP contribution < -0.4 is 5.32 Å². The summed E-state index contributed by atoms with van der Waals surface area (Å²) in [6.07, 6.45) is 1.03. The zero-order valence-corrected chi connectivity index (χ0v) is 11.4. The third-order valence-electron chi connectivity index (χ3n) is 2.82. The number of halogens is 1. The molecule has 0 saturated carbocycles. The average Bonchev–Trinajstić information content (AvgIpc) is 2.16. The smallest absolute Gasteiger partial charge is 0.0408 e. The van der Waals surface area contributed by atoms with Gasteiger partial charge < -0.3 is 5.32 Å². The second kappa shape index (κ2) is 5.70. The molecule has 0 aliphatic carbocycles. The van der Waals surface area contributed by atoms with Gasteiger partial charge in [-0.1, -0.05) is 51.4 Å². The van der Waals surface area contributed by atoms with Crippen molar-refractivity contribution in [1.82, 2.24) is 5.32 Å². The Bertz CT molecular complexity index is 328. The van der Waals surface area contributed by atoms with E-state index in [-0.39, 0.29) is 5.41 Å². The third-order valence-corrected chi connectivity index (χ3v) is 3.06. The normalized spacial score (nSPS) is 13.8. The molecule has 1 aromatic rings. The van der Waals surface area contributed by atoms with E-state index in [0.29, 0.717) is 6.04 Å². The van der Waals surface area contributed by atoms with Gasteiger partial charge in [0.25, 0.3) is 0 Å². The first-order chi connectivity index (χ1) is 7.43. The number of nitrogens with one attached hydrogen (secondary N) is 1. The first-order valence-electron chi connectivity index (χ1n) is 5.91. The zero-order chi connectivity index (χ0) is 12.2. The molecule has 0 saturated heterocycles. The Labute approximate surface area is 104 Å². The summed E-state index contributed by atoms with van der Waals surface area (Å²) < 4.78 is 0. The van der Waals surface area contributed by atoms with Crippen LogP contribution in [-0.2, 0) is 6.42 Å². The van der Waals surface area contributed by atoms with Crippen LogP contribution >= 0.6 is 11.6 Å². The highest BCUT2D eigenvalue weighted by Gasteiger charge is 2.23. The van der Waals surface area contributed by atoms with Crippen molar-refractivity contribution in [2.24, 2.45) is 5.41 Å². The van der Waals surface area contributed by atoms with Crippen molar-refractivity contribution < 1.29 is 0 Å². The zero-order valence-electron chi connectivity index (χ0n) is 10.7. The predicted octanol–water partition coefficient (Wildman–Crippen LogP) is 3.91. The number of hydrogen-bond donors (Lipinski definition) is 1. The highest BCUT2D eigenvalue weighted by atomic mass is 35.5. The molecule has 1 atom stereocenters. The molecule has 0 aliphatic heterocycles. The number of benzene rings is 1. The minimum absolute atomic E-state index is 0.262. The molecular weight excluding hydrogens is 218 g/mol. The molecule has 0 aromatic heterocycles. The second-order valence-electron chi connectivity index (χ2n) is 5.31. The largest absolute Gasteiger partial charge is 0.313 e. The Morgan fingerprint density at radius 3 is 2.50 bits per heavy atom. The Kier molecular flexibility index (Phi) is 4.82. The van der Waals surface area contributed by atoms with E-state index in [0.717, 1.165) is 18.0 Å². The highest BCUT2D eigenvalue weighted by molar-refractivity contribution is 6.30. The van der Waals surface area contributed by atoms with E-state index in [4.69, 9.17) is 11.6 Å². The first kappa shape index (κ1) is 13.5. The van der Waals surface area contributed by atoms with Crippen molar-refractivity contribution in [2.75, 3.05) is 6.54 Å². The van der Waals surface area contributed by atoms with Gasteiger partial charge in [-0.15, -0.1) is 0 Å². The molecule has 0 aliphatic rings. The minimum Gasteiger partial charge on any atom is -0.313 e. The summed E-state index contributed by atoms with van der Waals surface area (Å²) >= 11 is 6.00. The van der Waals surface area contributed by atoms with Crippen LogP contribution in [0, 0.1) is 5.41 Å². The first-order valence-corrected chi connectivity index (χ1v) is 6.29. The molecule has 90 valence electrons. The fourth-order valence-corrected chi connectivity index (χ4v) is 2.04. The summed E-state index contributed by atoms with van der Waals surface area (Å²) in [6.45, 7) is 9.96. The molecule has 0 amide bonds. The maximum atomic E-state index is 6.00. The molecule has 1 nitrogen and oxygen atoms in total. The van der Waals surface area contributed by atoms with Gasteiger partial charge in [-0.3, -0.25) is 0 Å². The van der Waals surface area contributed by atoms with E-state index < -0.39 is 0 Å². The van der Waals surface area contributed by atoms with E-state index in [1.807, 2.05) is 12.1 Å². The standard InChI is InChI=1S/C14H22ClN/c1-5-16-13(14(2,3)4)10-11-7-6-8-12(15)9-11/h6-9,13,16H,5,10H2,1-4H3. The molecule has 1 rings (SSSR count). The molecule has 1 unspecified atom stereocenters. The van der Waals surface area contributed by atoms with E-state index in [1.54, 1.807) is 0 Å². The number of likely N-dealkylation sites (N-methyl/N-ethyl adjacent to an activating group) is 1. The summed E-state index contributed by atoms with van der Waals surface area (Å²) in [5, 5.41) is 4.37. The van der Waals surface area contributed by atoms with Crippen LogP contribution in [0.2, 0.25) is 5.02 Å². The molecule has 2 heteroatoms. The van der Waals surface area contributed by atoms with Crippen LogP contribution in [0.5, 0.6) is 0 Å². The molecule has 0 fully saturated rings. The Hall–Kier alpha value is -0.530. The van der Waals surface area contributed by atoms with Crippen molar-refractivity contribution >= 4 is 11.6 Å². The maximum Gasteiger partial charge on any atom is 0.0408 e. The molecule has 1 N–H and O–H groups in total. The Balaban J connectivity index is 2.76. The van der Waals surface area contributed by atoms with Gasteiger partial charge in [-0.2, -0.15) is 0 Å². The lowest BCUT2D eigenvalue weighted by Crippen LogP contribution is -2.41. The SMILES string of the molecule is CCNC(Cc1cccc(Cl)c1)C(C)(C)C. The summed E-state index contributed by atoms with van der Waals surface area (Å²) in [6, 6.07) is 8.61. The van der Waals surface area contributed by atoms with Crippen molar-refractivity contribution in [3.05, 3.63) is 34.9 Å². The molecule has 16 heavy (non-hydrogen) atoms. The highest BCUT2D eigenvalue weighted by Crippen LogP contribution is 2.23. The molecule has 0 bridgehead atoms. The summed E-state index contributed by atoms with van der Waals surface area (Å²) in [7, 11) is 0. The van der Waals surface area contributed by atoms with Crippen molar-refractivity contribution in [2.45, 2.75) is 40.2 Å². The van der Waals surface area contributed by atoms with Crippen LogP contribution in [-0.4, -0.2) is 12.6 Å². The van der Waals surface area contributed by atoms with Gasteiger partial charge in [0.2, 0.25) is 0 Å². The fourth-order valence-electron chi connectivity index (χ4n) is 1.83. The Morgan fingerprint density at radius 2 is 2.00 bits per heavy atom. The van der Waals surface area contributed by atoms with E-state index in [2.05, 4.69) is 45.1 Å². The molecule has 0 heterocycles. The molecule has 0 spiro atoms. The van der Waals surface area contributed by atoms with Crippen LogP contribution in [0.3, 0.4) is 0 Å². The lowest BCUT2D eigenvalue weighted by atomic mass is 9.83. The molecular formula is C14H22ClN. The van der Waals surface area contributed by atoms with Gasteiger partial charge in [-0.05, 0) is 36.1 Å². The number of rotatable bonds is 4. The van der Waals surface area contributed by atoms with Gasteiger partial charge in [0.1, 0.15) is 0 Å². The predicted molar refractivity (Wildman–Crippen MR) is 72.1 cm³/mol. The van der Waals surface area contributed by atoms with E-state index in [1.165, 1.54) is 5.56 Å². The van der Waals surface area contributed by atoms with Crippen LogP contribution in [0.4, 0.5) is 0 Å². The molecule has 1 aromatic carbocycles. The maximum absolute atomic E-state index is 6.00. The summed E-state index contributed by atoms with van der Waals surface area (Å²) in [4.78, 5) is 0. The summed E-state index contributed by atoms with van der Waals surface area (Å²) in [5.41, 5.74) is 1.56. The van der Waals surface area contributed by atoms with E-state index in [9.17, 15) is 0 Å². The molecule has 0 radical (unpaired) electrons. The number of hydrogen-bond acceptors (Lipinski definition) is 1. The van der Waals surface area contributed by atoms with Gasteiger partial charge in [-0.25, -0.2) is 0 Å². The average molecular weight is 240 g/mol. The van der Waals surface area contributed by atoms with Crippen LogP contribution in [0.15, 0.2) is 24.3 Å². The van der Waals surface area contributed by atoms with Gasteiger partial charge >= 0.3 is 0 Å². The Morgan fingerprint density at radius 1 is 1.31 bits per heavy atom. The van der Waals surface area contributed by atoms with Crippen molar-refractivity contribution in [3.63, 3.8) is 0 Å². The topological polar surface area (TPSA) is 12.0 Å². The van der Waals surface area contributed by atoms with Gasteiger partial charge in [0.05, 0.1) is 0 Å². The lowest BCUT2D eigenvalue weighted by molar-refractivity contribution is 0.270. The van der Waals surface area contributed by atoms with Crippen molar-refractivity contribution in [1.29, 1.82) is 0 Å². The monoisotopic (exact) mass is 239 g/mol. The van der Waals surface area contributed by atoms with Crippen molar-refractivity contribution in [3.8, 4) is 0 Å². The van der Waals surface area contributed by atoms with Crippen LogP contribution in [0.25, 0.3) is 0 Å². The van der Waals surface area contributed by atoms with Gasteiger partial charge in [0.15, 0.2) is 0 Å². The van der Waals surface area contributed by atoms with Crippen LogP contribution in [0.1, 0.15) is 33.3 Å².